The van der Waals surface area contributed by atoms with Gasteiger partial charge in [-0.15, -0.1) is 0 Å². The van der Waals surface area contributed by atoms with E-state index in [2.05, 4.69) is 14.8 Å². The zero-order valence-electron chi connectivity index (χ0n) is 7.43. The summed E-state index contributed by atoms with van der Waals surface area (Å²) >= 11 is 0. The molecule has 0 fully saturated rings. The molecule has 4 nitrogen and oxygen atoms in total. The van der Waals surface area contributed by atoms with E-state index >= 15 is 0 Å². The van der Waals surface area contributed by atoms with Gasteiger partial charge in [0.05, 0.1) is 6.61 Å². The van der Waals surface area contributed by atoms with E-state index in [1.54, 1.807) is 6.92 Å². The van der Waals surface area contributed by atoms with Crippen molar-refractivity contribution < 1.29 is 14.6 Å². The minimum atomic E-state index is -1.57. The van der Waals surface area contributed by atoms with E-state index in [1.807, 2.05) is 19.6 Å². The standard InChI is InChI=1S/C6H15NO3Si/c1-5-9-10-6(8)7-11(2,3)4/h5H2,1-4H3,(H,7,8). The molecule has 0 saturated heterocycles. The van der Waals surface area contributed by atoms with Crippen molar-refractivity contribution in [1.82, 2.24) is 4.98 Å². The molecule has 0 bridgehead atoms. The number of carbonyl (C=O) groups is 1. The van der Waals surface area contributed by atoms with E-state index < -0.39 is 14.3 Å². The molecule has 11 heavy (non-hydrogen) atoms. The Balaban J connectivity index is 3.53. The van der Waals surface area contributed by atoms with Gasteiger partial charge < -0.3 is 4.98 Å². The highest BCUT2D eigenvalue weighted by Crippen LogP contribution is 1.94. The van der Waals surface area contributed by atoms with Crippen LogP contribution in [0.25, 0.3) is 0 Å². The molecule has 66 valence electrons. The van der Waals surface area contributed by atoms with Gasteiger partial charge in [-0.3, -0.25) is 4.89 Å². The first kappa shape index (κ1) is 10.4. The number of nitrogens with one attached hydrogen (secondary N) is 1. The van der Waals surface area contributed by atoms with Gasteiger partial charge in [-0.05, 0) is 6.92 Å². The summed E-state index contributed by atoms with van der Waals surface area (Å²) in [6.45, 7) is 8.13. The lowest BCUT2D eigenvalue weighted by Crippen LogP contribution is -2.45. The summed E-state index contributed by atoms with van der Waals surface area (Å²) in [5, 5.41) is 0. The second-order valence-electron chi connectivity index (χ2n) is 3.15. The molecular formula is C6H15NO3Si. The molecule has 0 aromatic rings. The highest BCUT2D eigenvalue weighted by molar-refractivity contribution is 6.75. The van der Waals surface area contributed by atoms with Crippen LogP contribution in [0, 0.1) is 0 Å². The molecule has 0 aliphatic carbocycles. The van der Waals surface area contributed by atoms with Gasteiger partial charge in [-0.25, -0.2) is 4.79 Å². The molecule has 5 heteroatoms. The third-order valence-corrected chi connectivity index (χ3v) is 1.68. The fourth-order valence-corrected chi connectivity index (χ4v) is 1.09. The number of carbonyl (C=O) groups excluding carboxylic acids is 1. The summed E-state index contributed by atoms with van der Waals surface area (Å²) in [7, 11) is -1.57. The Morgan fingerprint density at radius 3 is 2.36 bits per heavy atom. The van der Waals surface area contributed by atoms with Crippen molar-refractivity contribution in [3.63, 3.8) is 0 Å². The predicted octanol–water partition coefficient (Wildman–Crippen LogP) is 1.50. The predicted molar refractivity (Wildman–Crippen MR) is 44.6 cm³/mol. The summed E-state index contributed by atoms with van der Waals surface area (Å²) in [6.07, 6.45) is -0.494. The van der Waals surface area contributed by atoms with Crippen LogP contribution in [0.2, 0.25) is 19.6 Å². The Morgan fingerprint density at radius 1 is 1.45 bits per heavy atom. The Labute approximate surface area is 67.9 Å². The molecule has 0 aliphatic rings. The van der Waals surface area contributed by atoms with Crippen LogP contribution in [0.5, 0.6) is 0 Å². The van der Waals surface area contributed by atoms with E-state index in [-0.39, 0.29) is 0 Å². The molecule has 1 N–H and O–H groups in total. The first-order valence-corrected chi connectivity index (χ1v) is 7.07. The minimum Gasteiger partial charge on any atom is -0.346 e. The minimum absolute atomic E-state index is 0.374. The van der Waals surface area contributed by atoms with Crippen LogP contribution in [0.4, 0.5) is 4.79 Å². The molecular weight excluding hydrogens is 162 g/mol. The van der Waals surface area contributed by atoms with Gasteiger partial charge in [-0.2, -0.15) is 4.89 Å². The van der Waals surface area contributed by atoms with Gasteiger partial charge in [0.1, 0.15) is 0 Å². The van der Waals surface area contributed by atoms with Crippen molar-refractivity contribution in [2.24, 2.45) is 0 Å². The van der Waals surface area contributed by atoms with Crippen molar-refractivity contribution in [3.8, 4) is 0 Å². The first-order chi connectivity index (χ1) is 4.95. The monoisotopic (exact) mass is 177 g/mol. The van der Waals surface area contributed by atoms with Crippen LogP contribution in [0.15, 0.2) is 0 Å². The molecule has 0 rings (SSSR count). The second kappa shape index (κ2) is 4.35. The van der Waals surface area contributed by atoms with Crippen LogP contribution >= 0.6 is 0 Å². The lowest BCUT2D eigenvalue weighted by molar-refractivity contribution is -0.233. The van der Waals surface area contributed by atoms with Gasteiger partial charge in [0.25, 0.3) is 0 Å². The lowest BCUT2D eigenvalue weighted by atomic mass is 10.9. The van der Waals surface area contributed by atoms with Crippen molar-refractivity contribution in [1.29, 1.82) is 0 Å². The summed E-state index contributed by atoms with van der Waals surface area (Å²) < 4.78 is 0. The average molecular weight is 177 g/mol. The van der Waals surface area contributed by atoms with Gasteiger partial charge in [-0.1, -0.05) is 19.6 Å². The molecule has 0 aromatic heterocycles. The van der Waals surface area contributed by atoms with Crippen molar-refractivity contribution in [2.75, 3.05) is 6.61 Å². The Morgan fingerprint density at radius 2 is 2.00 bits per heavy atom. The van der Waals surface area contributed by atoms with Crippen LogP contribution in [0.3, 0.4) is 0 Å². The van der Waals surface area contributed by atoms with Gasteiger partial charge >= 0.3 is 6.09 Å². The molecule has 0 aromatic carbocycles. The molecule has 0 saturated carbocycles. The average Bonchev–Trinajstić information content (AvgIpc) is 1.79. The molecule has 0 aliphatic heterocycles. The third-order valence-electron chi connectivity index (χ3n) is 0.730. The molecule has 1 amide bonds. The molecule has 0 radical (unpaired) electrons. The topological polar surface area (TPSA) is 47.6 Å². The second-order valence-corrected chi connectivity index (χ2v) is 7.90. The summed E-state index contributed by atoms with van der Waals surface area (Å²) in [5.74, 6) is 0. The van der Waals surface area contributed by atoms with Crippen LogP contribution < -0.4 is 4.98 Å². The zero-order chi connectivity index (χ0) is 8.91. The van der Waals surface area contributed by atoms with E-state index in [4.69, 9.17) is 0 Å². The SMILES string of the molecule is CCOOC(=O)N[Si](C)(C)C. The van der Waals surface area contributed by atoms with Gasteiger partial charge in [0.15, 0.2) is 8.24 Å². The fraction of sp³-hybridized carbons (Fsp3) is 0.833. The maximum Gasteiger partial charge on any atom is 0.430 e. The number of hydrogen-bond donors (Lipinski definition) is 1. The molecule has 0 atom stereocenters. The third kappa shape index (κ3) is 7.34. The van der Waals surface area contributed by atoms with E-state index in [1.165, 1.54) is 0 Å². The highest BCUT2D eigenvalue weighted by Gasteiger charge is 2.17. The number of hydrogen-bond acceptors (Lipinski definition) is 3. The smallest absolute Gasteiger partial charge is 0.346 e. The van der Waals surface area contributed by atoms with Crippen molar-refractivity contribution in [3.05, 3.63) is 0 Å². The number of rotatable bonds is 3. The largest absolute Gasteiger partial charge is 0.430 e. The van der Waals surface area contributed by atoms with Gasteiger partial charge in [0.2, 0.25) is 0 Å². The summed E-state index contributed by atoms with van der Waals surface area (Å²) in [6, 6.07) is 0. The van der Waals surface area contributed by atoms with E-state index in [0.29, 0.717) is 6.61 Å². The Bertz CT molecular complexity index is 132. The van der Waals surface area contributed by atoms with Crippen LogP contribution in [-0.2, 0) is 9.78 Å². The lowest BCUT2D eigenvalue weighted by Gasteiger charge is -2.16. The molecule has 0 spiro atoms. The zero-order valence-corrected chi connectivity index (χ0v) is 8.43. The number of amides is 1. The van der Waals surface area contributed by atoms with Crippen LogP contribution in [0.1, 0.15) is 6.92 Å². The maximum absolute atomic E-state index is 10.8. The first-order valence-electron chi connectivity index (χ1n) is 3.57. The Hall–Kier alpha value is -0.553. The summed E-state index contributed by atoms with van der Waals surface area (Å²) in [4.78, 5) is 22.3. The quantitative estimate of drug-likeness (QED) is 0.404. The summed E-state index contributed by atoms with van der Waals surface area (Å²) in [5.41, 5.74) is 0. The highest BCUT2D eigenvalue weighted by atomic mass is 28.3. The molecule has 0 heterocycles. The van der Waals surface area contributed by atoms with E-state index in [9.17, 15) is 4.79 Å². The van der Waals surface area contributed by atoms with E-state index in [0.717, 1.165) is 0 Å². The van der Waals surface area contributed by atoms with Crippen molar-refractivity contribution >= 4 is 14.3 Å². The van der Waals surface area contributed by atoms with Crippen molar-refractivity contribution in [2.45, 2.75) is 26.6 Å². The Kier molecular flexibility index (Phi) is 4.13. The molecule has 0 unspecified atom stereocenters. The van der Waals surface area contributed by atoms with Crippen LogP contribution in [-0.4, -0.2) is 20.9 Å². The fourth-order valence-electron chi connectivity index (χ4n) is 0.439. The maximum atomic E-state index is 10.8. The normalized spacial score (nSPS) is 10.9. The van der Waals surface area contributed by atoms with Gasteiger partial charge in [0, 0.05) is 0 Å².